The number of nitrogens with one attached hydrogen (secondary N) is 1. The van der Waals surface area contributed by atoms with E-state index in [1.165, 1.54) is 13.0 Å². The Hall–Kier alpha value is -3.35. The van der Waals surface area contributed by atoms with Crippen LogP contribution in [0.4, 0.5) is 5.69 Å². The highest BCUT2D eigenvalue weighted by atomic mass is 16.5. The molecule has 0 aliphatic carbocycles. The number of benzene rings is 2. The largest absolute Gasteiger partial charge is 0.490 e. The van der Waals surface area contributed by atoms with Crippen molar-refractivity contribution in [1.29, 1.82) is 0 Å². The van der Waals surface area contributed by atoms with Crippen LogP contribution in [0.5, 0.6) is 11.5 Å². The molecule has 2 rings (SSSR count). The van der Waals surface area contributed by atoms with Gasteiger partial charge in [0.05, 0.1) is 24.5 Å². The number of carbonyl (C=O) groups is 3. The quantitative estimate of drug-likeness (QED) is 0.482. The van der Waals surface area contributed by atoms with E-state index >= 15 is 0 Å². The number of carbonyl (C=O) groups excluding carboxylic acids is 3. The third kappa shape index (κ3) is 6.34. The topological polar surface area (TPSA) is 90.9 Å². The molecule has 0 heterocycles. The lowest BCUT2D eigenvalue weighted by Crippen LogP contribution is -2.22. The van der Waals surface area contributed by atoms with Gasteiger partial charge in [-0.1, -0.05) is 19.1 Å². The van der Waals surface area contributed by atoms with Crippen LogP contribution in [0.25, 0.3) is 0 Å². The predicted molar refractivity (Wildman–Crippen MR) is 109 cm³/mol. The highest BCUT2D eigenvalue weighted by molar-refractivity contribution is 6.04. The molecule has 2 aromatic rings. The molecule has 0 aromatic heterocycles. The highest BCUT2D eigenvalue weighted by Crippen LogP contribution is 2.29. The van der Waals surface area contributed by atoms with Crippen molar-refractivity contribution in [2.45, 2.75) is 27.2 Å². The average Bonchev–Trinajstić information content (AvgIpc) is 2.71. The zero-order valence-corrected chi connectivity index (χ0v) is 16.8. The lowest BCUT2D eigenvalue weighted by Gasteiger charge is -2.13. The lowest BCUT2D eigenvalue weighted by atomic mass is 10.1. The minimum atomic E-state index is -0.664. The third-order valence-electron chi connectivity index (χ3n) is 3.86. The van der Waals surface area contributed by atoms with Gasteiger partial charge in [-0.05, 0) is 50.6 Å². The first-order valence-electron chi connectivity index (χ1n) is 9.42. The molecule has 1 N–H and O–H groups in total. The number of ether oxygens (including phenoxy) is 3. The summed E-state index contributed by atoms with van der Waals surface area (Å²) in [6, 6.07) is 11.3. The van der Waals surface area contributed by atoms with Crippen LogP contribution in [0.15, 0.2) is 42.5 Å². The summed E-state index contributed by atoms with van der Waals surface area (Å²) in [7, 11) is 0. The van der Waals surface area contributed by atoms with E-state index in [4.69, 9.17) is 14.2 Å². The number of hydrogen-bond acceptors (Lipinski definition) is 6. The summed E-state index contributed by atoms with van der Waals surface area (Å²) >= 11 is 0. The molecule has 0 aliphatic heterocycles. The Labute approximate surface area is 170 Å². The first kappa shape index (κ1) is 21.9. The van der Waals surface area contributed by atoms with E-state index < -0.39 is 18.5 Å². The Morgan fingerprint density at radius 2 is 1.72 bits per heavy atom. The fourth-order valence-electron chi connectivity index (χ4n) is 2.53. The van der Waals surface area contributed by atoms with Crippen molar-refractivity contribution >= 4 is 23.3 Å². The number of esters is 1. The summed E-state index contributed by atoms with van der Waals surface area (Å²) in [4.78, 5) is 36.0. The smallest absolute Gasteiger partial charge is 0.338 e. The Morgan fingerprint density at radius 3 is 2.41 bits per heavy atom. The zero-order chi connectivity index (χ0) is 21.2. The molecular formula is C22H25NO6. The molecule has 0 saturated carbocycles. The molecule has 0 spiro atoms. The summed E-state index contributed by atoms with van der Waals surface area (Å²) in [6.45, 7) is 5.70. The number of hydrogen-bond donors (Lipinski definition) is 1. The fourth-order valence-corrected chi connectivity index (χ4v) is 2.53. The van der Waals surface area contributed by atoms with Crippen molar-refractivity contribution in [1.82, 2.24) is 0 Å². The van der Waals surface area contributed by atoms with Gasteiger partial charge in [-0.3, -0.25) is 9.59 Å². The summed E-state index contributed by atoms with van der Waals surface area (Å²) in [5, 5.41) is 2.58. The molecule has 0 saturated heterocycles. The van der Waals surface area contributed by atoms with Crippen LogP contribution in [0.3, 0.4) is 0 Å². The van der Waals surface area contributed by atoms with E-state index in [-0.39, 0.29) is 11.3 Å². The van der Waals surface area contributed by atoms with Gasteiger partial charge in [0.15, 0.2) is 23.9 Å². The highest BCUT2D eigenvalue weighted by Gasteiger charge is 2.15. The molecule has 0 atom stereocenters. The maximum absolute atomic E-state index is 12.3. The first-order valence-corrected chi connectivity index (χ1v) is 9.42. The number of ketones is 1. The van der Waals surface area contributed by atoms with Gasteiger partial charge in [-0.15, -0.1) is 0 Å². The van der Waals surface area contributed by atoms with Crippen LogP contribution >= 0.6 is 0 Å². The molecule has 7 heteroatoms. The average molecular weight is 399 g/mol. The minimum absolute atomic E-state index is 0.174. The number of para-hydroxylation sites is 1. The minimum Gasteiger partial charge on any atom is -0.490 e. The van der Waals surface area contributed by atoms with E-state index in [1.54, 1.807) is 36.4 Å². The second-order valence-corrected chi connectivity index (χ2v) is 6.17. The monoisotopic (exact) mass is 399 g/mol. The molecule has 0 aliphatic rings. The van der Waals surface area contributed by atoms with Crippen molar-refractivity contribution in [2.75, 3.05) is 25.1 Å². The van der Waals surface area contributed by atoms with Crippen LogP contribution in [-0.2, 0) is 9.53 Å². The summed E-state index contributed by atoms with van der Waals surface area (Å²) < 4.78 is 16.2. The Balaban J connectivity index is 2.00. The summed E-state index contributed by atoms with van der Waals surface area (Å²) in [5.74, 6) is -0.395. The van der Waals surface area contributed by atoms with Crippen molar-refractivity contribution in [2.24, 2.45) is 0 Å². The van der Waals surface area contributed by atoms with E-state index in [9.17, 15) is 14.4 Å². The van der Waals surface area contributed by atoms with Gasteiger partial charge in [0.2, 0.25) is 0 Å². The molecule has 154 valence electrons. The van der Waals surface area contributed by atoms with Gasteiger partial charge in [0, 0.05) is 5.56 Å². The zero-order valence-electron chi connectivity index (χ0n) is 16.8. The molecule has 0 fully saturated rings. The summed E-state index contributed by atoms with van der Waals surface area (Å²) in [6.07, 6.45) is 0.844. The fraction of sp³-hybridized carbons (Fsp3) is 0.318. The molecule has 0 unspecified atom stereocenters. The Bertz CT molecular complexity index is 877. The number of amides is 1. The van der Waals surface area contributed by atoms with Gasteiger partial charge in [-0.2, -0.15) is 0 Å². The van der Waals surface area contributed by atoms with Crippen molar-refractivity contribution in [3.05, 3.63) is 53.6 Å². The number of anilines is 1. The molecule has 1 amide bonds. The van der Waals surface area contributed by atoms with Crippen molar-refractivity contribution in [3.63, 3.8) is 0 Å². The van der Waals surface area contributed by atoms with Gasteiger partial charge in [0.1, 0.15) is 0 Å². The standard InChI is InChI=1S/C22H25NO6/c1-4-12-28-19-11-10-16(13-20(19)27-5-2)22(26)29-14-21(25)23-18-9-7-6-8-17(18)15(3)24/h6-11,13H,4-5,12,14H2,1-3H3,(H,23,25). The molecule has 0 bridgehead atoms. The number of rotatable bonds is 10. The molecular weight excluding hydrogens is 374 g/mol. The lowest BCUT2D eigenvalue weighted by molar-refractivity contribution is -0.119. The Kier molecular flexibility index (Phi) is 8.21. The van der Waals surface area contributed by atoms with E-state index in [2.05, 4.69) is 5.32 Å². The molecule has 2 aromatic carbocycles. The SMILES string of the molecule is CCCOc1ccc(C(=O)OCC(=O)Nc2ccccc2C(C)=O)cc1OCC. The molecule has 0 radical (unpaired) electrons. The third-order valence-corrected chi connectivity index (χ3v) is 3.86. The van der Waals surface area contributed by atoms with Crippen LogP contribution in [0, 0.1) is 0 Å². The van der Waals surface area contributed by atoms with Crippen LogP contribution < -0.4 is 14.8 Å². The first-order chi connectivity index (χ1) is 14.0. The van der Waals surface area contributed by atoms with Crippen LogP contribution in [0.1, 0.15) is 47.9 Å². The van der Waals surface area contributed by atoms with Crippen molar-refractivity contribution < 1.29 is 28.6 Å². The van der Waals surface area contributed by atoms with Gasteiger partial charge >= 0.3 is 5.97 Å². The normalized spacial score (nSPS) is 10.2. The molecule has 29 heavy (non-hydrogen) atoms. The maximum atomic E-state index is 12.3. The van der Waals surface area contributed by atoms with Crippen molar-refractivity contribution in [3.8, 4) is 11.5 Å². The second kappa shape index (κ2) is 10.8. The van der Waals surface area contributed by atoms with E-state index in [0.717, 1.165) is 6.42 Å². The second-order valence-electron chi connectivity index (χ2n) is 6.17. The maximum Gasteiger partial charge on any atom is 0.338 e. The molecule has 7 nitrogen and oxygen atoms in total. The van der Waals surface area contributed by atoms with E-state index in [1.807, 2.05) is 13.8 Å². The van der Waals surface area contributed by atoms with Gasteiger partial charge in [0.25, 0.3) is 5.91 Å². The summed E-state index contributed by atoms with van der Waals surface area (Å²) in [5.41, 5.74) is 1.00. The van der Waals surface area contributed by atoms with Crippen LogP contribution in [-0.4, -0.2) is 37.5 Å². The number of Topliss-reactive ketones (excluding diaryl/α,β-unsaturated/α-hetero) is 1. The van der Waals surface area contributed by atoms with Gasteiger partial charge in [-0.25, -0.2) is 4.79 Å². The van der Waals surface area contributed by atoms with Crippen LogP contribution in [0.2, 0.25) is 0 Å². The van der Waals surface area contributed by atoms with Gasteiger partial charge < -0.3 is 19.5 Å². The van der Waals surface area contributed by atoms with E-state index in [0.29, 0.717) is 36.0 Å². The Morgan fingerprint density at radius 1 is 0.966 bits per heavy atom. The predicted octanol–water partition coefficient (Wildman–Crippen LogP) is 3.87.